The smallest absolute Gasteiger partial charge is 0.128 e. The third kappa shape index (κ3) is 3.62. The van der Waals surface area contributed by atoms with Crippen molar-refractivity contribution in [2.75, 3.05) is 5.75 Å². The number of thioether (sulfide) groups is 1. The van der Waals surface area contributed by atoms with E-state index in [1.807, 2.05) is 24.2 Å². The lowest BCUT2D eigenvalue weighted by Gasteiger charge is -2.17. The zero-order chi connectivity index (χ0) is 14.4. The summed E-state index contributed by atoms with van der Waals surface area (Å²) in [5, 5.41) is 0. The summed E-state index contributed by atoms with van der Waals surface area (Å²) in [6.45, 7) is 5.27. The van der Waals surface area contributed by atoms with Gasteiger partial charge in [0, 0.05) is 29.6 Å². The Balaban J connectivity index is 2.06. The minimum absolute atomic E-state index is 0.0566. The van der Waals surface area contributed by atoms with Crippen molar-refractivity contribution in [2.24, 2.45) is 5.84 Å². The lowest BCUT2D eigenvalue weighted by atomic mass is 10.2. The van der Waals surface area contributed by atoms with E-state index in [1.54, 1.807) is 0 Å². The zero-order valence-electron chi connectivity index (χ0n) is 12.0. The average Bonchev–Trinajstić information content (AvgIpc) is 2.90. The van der Waals surface area contributed by atoms with Crippen molar-refractivity contribution in [3.05, 3.63) is 48.0 Å². The van der Waals surface area contributed by atoms with Crippen LogP contribution in [0.1, 0.15) is 30.8 Å². The standard InChI is InChI=1S/C15H22N4S/c1-3-9-19-10-8-17-15(19)13(18-16)11-20-14-7-5-4-6-12(14)2/h4-8,10,13,18H,3,9,11,16H2,1-2H3. The number of benzene rings is 1. The van der Waals surface area contributed by atoms with Gasteiger partial charge in [0.1, 0.15) is 5.82 Å². The molecular formula is C15H22N4S. The third-order valence-electron chi connectivity index (χ3n) is 3.22. The molecule has 3 N–H and O–H groups in total. The Kier molecular flexibility index (Phi) is 5.64. The molecule has 0 aliphatic heterocycles. The van der Waals surface area contributed by atoms with Gasteiger partial charge in [-0.2, -0.15) is 0 Å². The van der Waals surface area contributed by atoms with Crippen molar-refractivity contribution < 1.29 is 0 Å². The SMILES string of the molecule is CCCn1ccnc1C(CSc1ccccc1C)NN. The molecule has 0 fully saturated rings. The topological polar surface area (TPSA) is 55.9 Å². The number of nitrogens with one attached hydrogen (secondary N) is 1. The molecule has 5 heteroatoms. The highest BCUT2D eigenvalue weighted by molar-refractivity contribution is 7.99. The summed E-state index contributed by atoms with van der Waals surface area (Å²) in [5.74, 6) is 7.59. The number of aromatic nitrogens is 2. The number of nitrogens with zero attached hydrogens (tertiary/aromatic N) is 2. The number of hydrogen-bond donors (Lipinski definition) is 2. The van der Waals surface area contributed by atoms with Crippen LogP contribution in [0.15, 0.2) is 41.6 Å². The molecule has 0 aliphatic rings. The Morgan fingerprint density at radius 2 is 2.20 bits per heavy atom. The minimum Gasteiger partial charge on any atom is -0.334 e. The van der Waals surface area contributed by atoms with E-state index >= 15 is 0 Å². The van der Waals surface area contributed by atoms with Gasteiger partial charge >= 0.3 is 0 Å². The molecule has 2 aromatic rings. The second-order valence-corrected chi connectivity index (χ2v) is 5.84. The molecule has 0 spiro atoms. The van der Waals surface area contributed by atoms with Gasteiger partial charge in [-0.05, 0) is 25.0 Å². The monoisotopic (exact) mass is 290 g/mol. The molecule has 0 radical (unpaired) electrons. The Morgan fingerprint density at radius 1 is 1.40 bits per heavy atom. The summed E-state index contributed by atoms with van der Waals surface area (Å²) in [5.41, 5.74) is 4.19. The molecule has 2 rings (SSSR count). The maximum Gasteiger partial charge on any atom is 0.128 e. The van der Waals surface area contributed by atoms with E-state index in [9.17, 15) is 0 Å². The van der Waals surface area contributed by atoms with E-state index in [4.69, 9.17) is 5.84 Å². The van der Waals surface area contributed by atoms with Gasteiger partial charge < -0.3 is 4.57 Å². The molecule has 0 saturated carbocycles. The highest BCUT2D eigenvalue weighted by Gasteiger charge is 2.16. The summed E-state index contributed by atoms with van der Waals surface area (Å²) >= 11 is 1.81. The molecule has 0 bridgehead atoms. The summed E-state index contributed by atoms with van der Waals surface area (Å²) in [6, 6.07) is 8.46. The molecule has 0 saturated heterocycles. The summed E-state index contributed by atoms with van der Waals surface area (Å²) in [4.78, 5) is 5.74. The van der Waals surface area contributed by atoms with Gasteiger partial charge in [-0.1, -0.05) is 25.1 Å². The van der Waals surface area contributed by atoms with E-state index in [-0.39, 0.29) is 6.04 Å². The minimum atomic E-state index is 0.0566. The molecule has 1 heterocycles. The van der Waals surface area contributed by atoms with Crippen molar-refractivity contribution in [2.45, 2.75) is 37.8 Å². The molecule has 1 unspecified atom stereocenters. The summed E-state index contributed by atoms with van der Waals surface area (Å²) < 4.78 is 2.17. The highest BCUT2D eigenvalue weighted by Crippen LogP contribution is 2.26. The summed E-state index contributed by atoms with van der Waals surface area (Å²) in [6.07, 6.45) is 4.95. The summed E-state index contributed by atoms with van der Waals surface area (Å²) in [7, 11) is 0. The van der Waals surface area contributed by atoms with Crippen LogP contribution in [0.5, 0.6) is 0 Å². The fourth-order valence-electron chi connectivity index (χ4n) is 2.15. The Labute approximate surface area is 124 Å². The van der Waals surface area contributed by atoms with Gasteiger partial charge in [-0.15, -0.1) is 11.8 Å². The molecule has 0 amide bonds. The van der Waals surface area contributed by atoms with E-state index in [1.165, 1.54) is 10.5 Å². The van der Waals surface area contributed by atoms with Crippen LogP contribution in [-0.2, 0) is 6.54 Å². The van der Waals surface area contributed by atoms with Crippen LogP contribution in [0.4, 0.5) is 0 Å². The first-order valence-electron chi connectivity index (χ1n) is 6.91. The zero-order valence-corrected chi connectivity index (χ0v) is 12.9. The van der Waals surface area contributed by atoms with Gasteiger partial charge in [0.15, 0.2) is 0 Å². The van der Waals surface area contributed by atoms with E-state index in [0.717, 1.165) is 24.5 Å². The highest BCUT2D eigenvalue weighted by atomic mass is 32.2. The molecule has 0 aliphatic carbocycles. The first-order valence-corrected chi connectivity index (χ1v) is 7.90. The Bertz CT molecular complexity index is 538. The first-order chi connectivity index (χ1) is 9.76. The molecule has 1 atom stereocenters. The molecule has 20 heavy (non-hydrogen) atoms. The van der Waals surface area contributed by atoms with Crippen molar-refractivity contribution >= 4 is 11.8 Å². The largest absolute Gasteiger partial charge is 0.334 e. The van der Waals surface area contributed by atoms with Gasteiger partial charge in [0.25, 0.3) is 0 Å². The number of rotatable bonds is 7. The number of hydrazine groups is 1. The van der Waals surface area contributed by atoms with Crippen LogP contribution in [-0.4, -0.2) is 15.3 Å². The lowest BCUT2D eigenvalue weighted by Crippen LogP contribution is -2.32. The molecular weight excluding hydrogens is 268 g/mol. The molecule has 108 valence electrons. The van der Waals surface area contributed by atoms with Crippen LogP contribution in [0, 0.1) is 6.92 Å². The van der Waals surface area contributed by atoms with Crippen molar-refractivity contribution in [3.63, 3.8) is 0 Å². The van der Waals surface area contributed by atoms with Crippen molar-refractivity contribution in [3.8, 4) is 0 Å². The fourth-order valence-corrected chi connectivity index (χ4v) is 3.21. The van der Waals surface area contributed by atoms with E-state index < -0.39 is 0 Å². The first kappa shape index (κ1) is 15.1. The number of aryl methyl sites for hydroxylation is 2. The molecule has 1 aromatic heterocycles. The Hall–Kier alpha value is -1.30. The van der Waals surface area contributed by atoms with Crippen molar-refractivity contribution in [1.29, 1.82) is 0 Å². The van der Waals surface area contributed by atoms with Crippen LogP contribution in [0.2, 0.25) is 0 Å². The molecule has 4 nitrogen and oxygen atoms in total. The van der Waals surface area contributed by atoms with Gasteiger partial charge in [-0.3, -0.25) is 5.84 Å². The maximum absolute atomic E-state index is 5.71. The van der Waals surface area contributed by atoms with Gasteiger partial charge in [0.05, 0.1) is 6.04 Å². The molecule has 1 aromatic carbocycles. The van der Waals surface area contributed by atoms with Crippen molar-refractivity contribution in [1.82, 2.24) is 15.0 Å². The second kappa shape index (κ2) is 7.47. The fraction of sp³-hybridized carbons (Fsp3) is 0.400. The second-order valence-electron chi connectivity index (χ2n) is 4.77. The van der Waals surface area contributed by atoms with Crippen LogP contribution < -0.4 is 11.3 Å². The van der Waals surface area contributed by atoms with Crippen LogP contribution >= 0.6 is 11.8 Å². The predicted octanol–water partition coefficient (Wildman–Crippen LogP) is 2.90. The quantitative estimate of drug-likeness (QED) is 0.468. The lowest BCUT2D eigenvalue weighted by molar-refractivity contribution is 0.528. The average molecular weight is 290 g/mol. The number of imidazole rings is 1. The van der Waals surface area contributed by atoms with E-state index in [0.29, 0.717) is 0 Å². The Morgan fingerprint density at radius 3 is 2.90 bits per heavy atom. The van der Waals surface area contributed by atoms with Gasteiger partial charge in [-0.25, -0.2) is 10.4 Å². The predicted molar refractivity (Wildman–Crippen MR) is 84.5 cm³/mol. The number of nitrogens with two attached hydrogens (primary N) is 1. The van der Waals surface area contributed by atoms with Crippen LogP contribution in [0.25, 0.3) is 0 Å². The number of hydrogen-bond acceptors (Lipinski definition) is 4. The van der Waals surface area contributed by atoms with E-state index in [2.05, 4.69) is 53.1 Å². The van der Waals surface area contributed by atoms with Gasteiger partial charge in [0.2, 0.25) is 0 Å². The van der Waals surface area contributed by atoms with Crippen LogP contribution in [0.3, 0.4) is 0 Å². The normalized spacial score (nSPS) is 12.6. The third-order valence-corrected chi connectivity index (χ3v) is 4.49. The maximum atomic E-state index is 5.71.